The molecule has 0 spiro atoms. The standard InChI is InChI=1S/C15H22ClNOS/c1-2-14(17)15(11-4-3-5-12(16)10-11)19-13-6-8-18-9-7-13/h3-5,10,13-15H,2,6-9,17H2,1H3. The number of nitrogens with two attached hydrogens (primary N) is 1. The van der Waals surface area contributed by atoms with E-state index in [4.69, 9.17) is 22.1 Å². The lowest BCUT2D eigenvalue weighted by Crippen LogP contribution is -2.28. The largest absolute Gasteiger partial charge is 0.381 e. The van der Waals surface area contributed by atoms with E-state index in [-0.39, 0.29) is 6.04 Å². The topological polar surface area (TPSA) is 35.2 Å². The van der Waals surface area contributed by atoms with Crippen molar-refractivity contribution in [1.82, 2.24) is 0 Å². The van der Waals surface area contributed by atoms with Crippen LogP contribution < -0.4 is 5.73 Å². The molecule has 1 fully saturated rings. The van der Waals surface area contributed by atoms with Crippen LogP contribution in [0.2, 0.25) is 5.02 Å². The monoisotopic (exact) mass is 299 g/mol. The highest BCUT2D eigenvalue weighted by atomic mass is 35.5. The van der Waals surface area contributed by atoms with Gasteiger partial charge in [-0.3, -0.25) is 0 Å². The van der Waals surface area contributed by atoms with E-state index < -0.39 is 0 Å². The van der Waals surface area contributed by atoms with Gasteiger partial charge < -0.3 is 10.5 Å². The zero-order chi connectivity index (χ0) is 13.7. The number of hydrogen-bond acceptors (Lipinski definition) is 3. The van der Waals surface area contributed by atoms with Crippen molar-refractivity contribution in [2.24, 2.45) is 5.73 Å². The number of thioether (sulfide) groups is 1. The zero-order valence-corrected chi connectivity index (χ0v) is 12.9. The second-order valence-corrected chi connectivity index (χ2v) is 6.88. The third-order valence-electron chi connectivity index (χ3n) is 3.54. The average molecular weight is 300 g/mol. The Bertz CT molecular complexity index is 395. The molecule has 19 heavy (non-hydrogen) atoms. The molecule has 2 nitrogen and oxygen atoms in total. The quantitative estimate of drug-likeness (QED) is 0.891. The summed E-state index contributed by atoms with van der Waals surface area (Å²) in [6.45, 7) is 3.90. The van der Waals surface area contributed by atoms with Crippen molar-refractivity contribution in [3.63, 3.8) is 0 Å². The summed E-state index contributed by atoms with van der Waals surface area (Å²) >= 11 is 8.11. The van der Waals surface area contributed by atoms with Crippen LogP contribution in [0, 0.1) is 0 Å². The second-order valence-electron chi connectivity index (χ2n) is 5.00. The third kappa shape index (κ3) is 4.38. The molecule has 2 unspecified atom stereocenters. The maximum Gasteiger partial charge on any atom is 0.0476 e. The number of rotatable bonds is 5. The molecule has 2 N–H and O–H groups in total. The summed E-state index contributed by atoms with van der Waals surface area (Å²) in [4.78, 5) is 0. The van der Waals surface area contributed by atoms with E-state index in [1.54, 1.807) is 0 Å². The van der Waals surface area contributed by atoms with Gasteiger partial charge in [-0.15, -0.1) is 11.8 Å². The maximum atomic E-state index is 6.32. The first-order valence-electron chi connectivity index (χ1n) is 6.95. The van der Waals surface area contributed by atoms with E-state index in [1.165, 1.54) is 5.56 Å². The summed E-state index contributed by atoms with van der Waals surface area (Å²) in [6.07, 6.45) is 3.23. The summed E-state index contributed by atoms with van der Waals surface area (Å²) in [5.74, 6) is 0. The van der Waals surface area contributed by atoms with E-state index >= 15 is 0 Å². The van der Waals surface area contributed by atoms with Gasteiger partial charge in [-0.05, 0) is 37.0 Å². The van der Waals surface area contributed by atoms with Gasteiger partial charge in [0.2, 0.25) is 0 Å². The van der Waals surface area contributed by atoms with Gasteiger partial charge in [0, 0.05) is 34.8 Å². The Hall–Kier alpha value is -0.220. The lowest BCUT2D eigenvalue weighted by Gasteiger charge is -2.29. The summed E-state index contributed by atoms with van der Waals surface area (Å²) < 4.78 is 5.43. The fraction of sp³-hybridized carbons (Fsp3) is 0.600. The van der Waals surface area contributed by atoms with Crippen LogP contribution in [0.3, 0.4) is 0 Å². The molecule has 2 atom stereocenters. The van der Waals surface area contributed by atoms with E-state index in [0.717, 1.165) is 37.5 Å². The van der Waals surface area contributed by atoms with Gasteiger partial charge in [0.25, 0.3) is 0 Å². The van der Waals surface area contributed by atoms with Crippen LogP contribution in [0.15, 0.2) is 24.3 Å². The minimum atomic E-state index is 0.173. The molecule has 0 amide bonds. The van der Waals surface area contributed by atoms with Gasteiger partial charge >= 0.3 is 0 Å². The van der Waals surface area contributed by atoms with Crippen molar-refractivity contribution in [2.75, 3.05) is 13.2 Å². The lowest BCUT2D eigenvalue weighted by atomic mass is 10.0. The van der Waals surface area contributed by atoms with Gasteiger partial charge in [0.05, 0.1) is 0 Å². The van der Waals surface area contributed by atoms with Crippen LogP contribution in [0.4, 0.5) is 0 Å². The number of hydrogen-bond donors (Lipinski definition) is 1. The van der Waals surface area contributed by atoms with Crippen LogP contribution in [0.1, 0.15) is 37.0 Å². The molecule has 1 saturated heterocycles. The van der Waals surface area contributed by atoms with E-state index in [9.17, 15) is 0 Å². The minimum Gasteiger partial charge on any atom is -0.381 e. The van der Waals surface area contributed by atoms with Crippen LogP contribution in [0.5, 0.6) is 0 Å². The average Bonchev–Trinajstić information content (AvgIpc) is 2.45. The molecule has 2 rings (SSSR count). The minimum absolute atomic E-state index is 0.173. The smallest absolute Gasteiger partial charge is 0.0476 e. The van der Waals surface area contributed by atoms with Crippen LogP contribution in [0.25, 0.3) is 0 Å². The summed E-state index contributed by atoms with van der Waals surface area (Å²) in [6, 6.07) is 8.29. The number of halogens is 1. The first kappa shape index (κ1) is 15.2. The van der Waals surface area contributed by atoms with Gasteiger partial charge in [0.15, 0.2) is 0 Å². The van der Waals surface area contributed by atoms with Crippen LogP contribution in [-0.4, -0.2) is 24.5 Å². The van der Waals surface area contributed by atoms with Gasteiger partial charge in [-0.2, -0.15) is 0 Å². The predicted octanol–water partition coefficient (Wildman–Crippen LogP) is 4.03. The fourth-order valence-corrected chi connectivity index (χ4v) is 4.12. The molecule has 1 aliphatic rings. The van der Waals surface area contributed by atoms with Gasteiger partial charge in [-0.1, -0.05) is 30.7 Å². The molecule has 0 saturated carbocycles. The van der Waals surface area contributed by atoms with Crippen LogP contribution >= 0.6 is 23.4 Å². The molecule has 0 radical (unpaired) electrons. The Kier molecular flexibility index (Phi) is 6.02. The highest BCUT2D eigenvalue weighted by Crippen LogP contribution is 2.39. The summed E-state index contributed by atoms with van der Waals surface area (Å²) in [5.41, 5.74) is 7.57. The highest BCUT2D eigenvalue weighted by Gasteiger charge is 2.25. The second kappa shape index (κ2) is 7.53. The van der Waals surface area contributed by atoms with E-state index in [1.807, 2.05) is 30.0 Å². The van der Waals surface area contributed by atoms with E-state index in [0.29, 0.717) is 10.5 Å². The SMILES string of the molecule is CCC(N)C(SC1CCOCC1)c1cccc(Cl)c1. The molecule has 1 aromatic rings. The number of ether oxygens (including phenoxy) is 1. The van der Waals surface area contributed by atoms with Crippen molar-refractivity contribution in [1.29, 1.82) is 0 Å². The molecule has 0 aliphatic carbocycles. The Morgan fingerprint density at radius 3 is 2.79 bits per heavy atom. The number of benzene rings is 1. The van der Waals surface area contributed by atoms with Crippen molar-refractivity contribution in [2.45, 2.75) is 42.7 Å². The van der Waals surface area contributed by atoms with Gasteiger partial charge in [0.1, 0.15) is 0 Å². The molecule has 1 heterocycles. The molecule has 0 bridgehead atoms. The molecule has 1 aliphatic heterocycles. The van der Waals surface area contributed by atoms with Crippen molar-refractivity contribution in [3.8, 4) is 0 Å². The molecular formula is C15H22ClNOS. The predicted molar refractivity (Wildman–Crippen MR) is 83.9 cm³/mol. The van der Waals surface area contributed by atoms with Crippen molar-refractivity contribution < 1.29 is 4.74 Å². The van der Waals surface area contributed by atoms with Crippen molar-refractivity contribution in [3.05, 3.63) is 34.9 Å². The van der Waals surface area contributed by atoms with Crippen LogP contribution in [-0.2, 0) is 4.74 Å². The summed E-state index contributed by atoms with van der Waals surface area (Å²) in [5, 5.41) is 1.76. The summed E-state index contributed by atoms with van der Waals surface area (Å²) in [7, 11) is 0. The molecule has 1 aromatic carbocycles. The van der Waals surface area contributed by atoms with Crippen molar-refractivity contribution >= 4 is 23.4 Å². The zero-order valence-electron chi connectivity index (χ0n) is 11.3. The highest BCUT2D eigenvalue weighted by molar-refractivity contribution is 8.00. The Morgan fingerprint density at radius 2 is 2.16 bits per heavy atom. The van der Waals surface area contributed by atoms with Gasteiger partial charge in [-0.25, -0.2) is 0 Å². The first-order valence-corrected chi connectivity index (χ1v) is 8.27. The molecule has 0 aromatic heterocycles. The normalized spacial score (nSPS) is 20.2. The van der Waals surface area contributed by atoms with E-state index in [2.05, 4.69) is 13.0 Å². The third-order valence-corrected chi connectivity index (χ3v) is 5.55. The first-order chi connectivity index (χ1) is 9.20. The lowest BCUT2D eigenvalue weighted by molar-refractivity contribution is 0.0999. The Balaban J connectivity index is 2.11. The molecular weight excluding hydrogens is 278 g/mol. The fourth-order valence-electron chi connectivity index (χ4n) is 2.34. The maximum absolute atomic E-state index is 6.32. The molecule has 4 heteroatoms. The Labute approximate surface area is 125 Å². The molecule has 106 valence electrons. The Morgan fingerprint density at radius 1 is 1.42 bits per heavy atom.